The van der Waals surface area contributed by atoms with Crippen molar-refractivity contribution in [2.24, 2.45) is 5.73 Å². The maximum absolute atomic E-state index is 12.1. The quantitative estimate of drug-likeness (QED) is 0.780. The smallest absolute Gasteiger partial charge is 0.250 e. The Kier molecular flexibility index (Phi) is 5.54. The van der Waals surface area contributed by atoms with Crippen LogP contribution in [0.2, 0.25) is 0 Å². The molecule has 0 aliphatic carbocycles. The van der Waals surface area contributed by atoms with Gasteiger partial charge < -0.3 is 20.5 Å². The van der Waals surface area contributed by atoms with Gasteiger partial charge in [-0.15, -0.1) is 11.3 Å². The van der Waals surface area contributed by atoms with E-state index in [1.54, 1.807) is 6.08 Å². The molecule has 1 aromatic heterocycles. The first-order chi connectivity index (χ1) is 11.4. The van der Waals surface area contributed by atoms with Gasteiger partial charge >= 0.3 is 0 Å². The Morgan fingerprint density at radius 1 is 1.25 bits per heavy atom. The molecule has 3 N–H and O–H groups in total. The fourth-order valence-electron chi connectivity index (χ4n) is 1.98. The largest absolute Gasteiger partial charge is 0.493 e. The lowest BCUT2D eigenvalue weighted by molar-refractivity contribution is -0.111. The van der Waals surface area contributed by atoms with Crippen LogP contribution >= 0.6 is 11.3 Å². The van der Waals surface area contributed by atoms with E-state index in [4.69, 9.17) is 15.2 Å². The number of thiazole rings is 1. The molecular weight excluding hydrogens is 330 g/mol. The van der Waals surface area contributed by atoms with Gasteiger partial charge in [-0.05, 0) is 19.1 Å². The molecule has 8 heteroatoms. The average molecular weight is 347 g/mol. The highest BCUT2D eigenvalue weighted by Crippen LogP contribution is 2.33. The lowest BCUT2D eigenvalue weighted by Crippen LogP contribution is -2.17. The topological polar surface area (TPSA) is 104 Å². The van der Waals surface area contributed by atoms with Crippen molar-refractivity contribution < 1.29 is 19.1 Å². The number of anilines is 1. The fourth-order valence-corrected chi connectivity index (χ4v) is 2.56. The molecule has 0 aliphatic rings. The van der Waals surface area contributed by atoms with E-state index >= 15 is 0 Å². The van der Waals surface area contributed by atoms with E-state index in [0.717, 1.165) is 5.01 Å². The van der Waals surface area contributed by atoms with Gasteiger partial charge in [-0.1, -0.05) is 0 Å². The molecule has 1 heterocycles. The Morgan fingerprint density at radius 3 is 2.46 bits per heavy atom. The minimum atomic E-state index is -0.689. The van der Waals surface area contributed by atoms with Crippen LogP contribution in [0.25, 0.3) is 6.08 Å². The van der Waals surface area contributed by atoms with Crippen molar-refractivity contribution >= 4 is 34.9 Å². The third kappa shape index (κ3) is 4.11. The second-order valence-corrected chi connectivity index (χ2v) is 5.79. The molecule has 0 saturated carbocycles. The van der Waals surface area contributed by atoms with Crippen LogP contribution in [0.1, 0.15) is 21.1 Å². The van der Waals surface area contributed by atoms with E-state index in [2.05, 4.69) is 10.3 Å². The van der Waals surface area contributed by atoms with Gasteiger partial charge in [0.2, 0.25) is 5.91 Å². The van der Waals surface area contributed by atoms with Gasteiger partial charge in [0.1, 0.15) is 0 Å². The first kappa shape index (κ1) is 17.5. The molecule has 0 atom stereocenters. The number of benzene rings is 1. The van der Waals surface area contributed by atoms with Crippen molar-refractivity contribution in [1.29, 1.82) is 0 Å². The summed E-state index contributed by atoms with van der Waals surface area (Å²) in [6, 6.07) is 2.90. The van der Waals surface area contributed by atoms with E-state index in [-0.39, 0.29) is 11.3 Å². The Bertz CT molecular complexity index is 799. The molecule has 0 unspecified atom stereocenters. The normalized spacial score (nSPS) is 10.6. The minimum Gasteiger partial charge on any atom is -0.493 e. The number of hydrogen-bond donors (Lipinski definition) is 2. The molecule has 0 bridgehead atoms. The molecule has 2 amide bonds. The second kappa shape index (κ2) is 7.60. The van der Waals surface area contributed by atoms with Crippen LogP contribution in [-0.2, 0) is 4.79 Å². The first-order valence-electron chi connectivity index (χ1n) is 6.91. The van der Waals surface area contributed by atoms with Gasteiger partial charge in [0.15, 0.2) is 11.5 Å². The number of nitrogens with two attached hydrogens (primary N) is 1. The summed E-state index contributed by atoms with van der Waals surface area (Å²) in [7, 11) is 2.90. The number of rotatable bonds is 6. The predicted molar refractivity (Wildman–Crippen MR) is 92.6 cm³/mol. The van der Waals surface area contributed by atoms with Crippen molar-refractivity contribution in [2.75, 3.05) is 19.5 Å². The summed E-state index contributed by atoms with van der Waals surface area (Å²) in [5.41, 5.74) is 6.41. The molecule has 2 aromatic rings. The molecule has 0 saturated heterocycles. The Labute approximate surface area is 143 Å². The molecule has 0 spiro atoms. The minimum absolute atomic E-state index is 0.124. The monoisotopic (exact) mass is 347 g/mol. The molecule has 2 rings (SSSR count). The summed E-state index contributed by atoms with van der Waals surface area (Å²) in [6.07, 6.45) is 2.92. The number of primary amides is 1. The Morgan fingerprint density at radius 2 is 1.92 bits per heavy atom. The van der Waals surface area contributed by atoms with Crippen molar-refractivity contribution in [3.05, 3.63) is 39.9 Å². The van der Waals surface area contributed by atoms with Crippen LogP contribution in [0, 0.1) is 6.92 Å². The number of amides is 2. The van der Waals surface area contributed by atoms with Crippen LogP contribution in [0.4, 0.5) is 5.69 Å². The Balaban J connectivity index is 2.25. The van der Waals surface area contributed by atoms with Crippen LogP contribution in [0.3, 0.4) is 0 Å². The van der Waals surface area contributed by atoms with Gasteiger partial charge in [0.25, 0.3) is 5.91 Å². The summed E-state index contributed by atoms with van der Waals surface area (Å²) in [5, 5.41) is 5.35. The Hall–Kier alpha value is -2.87. The molecule has 1 aromatic carbocycles. The molecule has 0 radical (unpaired) electrons. The average Bonchev–Trinajstić information content (AvgIpc) is 2.97. The summed E-state index contributed by atoms with van der Waals surface area (Å²) in [5.74, 6) is -0.393. The number of ether oxygens (including phenoxy) is 2. The van der Waals surface area contributed by atoms with E-state index in [0.29, 0.717) is 17.2 Å². The van der Waals surface area contributed by atoms with Crippen molar-refractivity contribution in [1.82, 2.24) is 4.98 Å². The van der Waals surface area contributed by atoms with Crippen LogP contribution in [0.15, 0.2) is 23.6 Å². The lowest BCUT2D eigenvalue weighted by atomic mass is 10.1. The molecule has 24 heavy (non-hydrogen) atoms. The van der Waals surface area contributed by atoms with E-state index < -0.39 is 11.8 Å². The number of nitrogens with zero attached hydrogens (tertiary/aromatic N) is 1. The van der Waals surface area contributed by atoms with Crippen molar-refractivity contribution in [2.45, 2.75) is 6.92 Å². The number of carbonyl (C=O) groups excluding carboxylic acids is 2. The highest BCUT2D eigenvalue weighted by atomic mass is 32.1. The standard InChI is InChI=1S/C16H17N3O4S/c1-9-18-10(8-24-9)4-5-15(20)19-12-7-14(23-3)13(22-2)6-11(12)16(17)21/h4-8H,1-3H3,(H2,17,21)(H,19,20). The number of aryl methyl sites for hydroxylation is 1. The van der Waals surface area contributed by atoms with E-state index in [9.17, 15) is 9.59 Å². The first-order valence-corrected chi connectivity index (χ1v) is 7.79. The number of hydrogen-bond acceptors (Lipinski definition) is 6. The molecule has 7 nitrogen and oxygen atoms in total. The third-order valence-corrected chi connectivity index (χ3v) is 3.88. The number of methoxy groups -OCH3 is 2. The number of carbonyl (C=O) groups is 2. The van der Waals surface area contributed by atoms with Gasteiger partial charge in [0.05, 0.1) is 36.2 Å². The zero-order valence-electron chi connectivity index (χ0n) is 13.5. The zero-order valence-corrected chi connectivity index (χ0v) is 14.3. The highest BCUT2D eigenvalue weighted by Gasteiger charge is 2.16. The number of nitrogens with one attached hydrogen (secondary N) is 1. The SMILES string of the molecule is COc1cc(NC(=O)C=Cc2csc(C)n2)c(C(N)=O)cc1OC. The molecule has 126 valence electrons. The van der Waals surface area contributed by atoms with Crippen molar-refractivity contribution in [3.8, 4) is 11.5 Å². The highest BCUT2D eigenvalue weighted by molar-refractivity contribution is 7.09. The second-order valence-electron chi connectivity index (χ2n) is 4.73. The predicted octanol–water partition coefficient (Wildman–Crippen LogP) is 2.22. The third-order valence-electron chi connectivity index (χ3n) is 3.09. The van der Waals surface area contributed by atoms with Gasteiger partial charge in [-0.25, -0.2) is 4.98 Å². The van der Waals surface area contributed by atoms with Crippen LogP contribution in [-0.4, -0.2) is 31.0 Å². The van der Waals surface area contributed by atoms with Gasteiger partial charge in [0, 0.05) is 17.5 Å². The zero-order chi connectivity index (χ0) is 17.7. The van der Waals surface area contributed by atoms with Crippen molar-refractivity contribution in [3.63, 3.8) is 0 Å². The summed E-state index contributed by atoms with van der Waals surface area (Å²) >= 11 is 1.49. The maximum atomic E-state index is 12.1. The molecule has 0 aliphatic heterocycles. The number of aromatic nitrogens is 1. The molecular formula is C16H17N3O4S. The van der Waals surface area contributed by atoms with E-state index in [1.165, 1.54) is 43.8 Å². The maximum Gasteiger partial charge on any atom is 0.250 e. The van der Waals surface area contributed by atoms with Gasteiger partial charge in [-0.3, -0.25) is 9.59 Å². The van der Waals surface area contributed by atoms with Crippen LogP contribution in [0.5, 0.6) is 11.5 Å². The van der Waals surface area contributed by atoms with Crippen LogP contribution < -0.4 is 20.5 Å². The summed E-state index contributed by atoms with van der Waals surface area (Å²) in [4.78, 5) is 27.9. The fraction of sp³-hybridized carbons (Fsp3) is 0.188. The summed E-state index contributed by atoms with van der Waals surface area (Å²) in [6.45, 7) is 1.88. The van der Waals surface area contributed by atoms with E-state index in [1.807, 2.05) is 12.3 Å². The molecule has 0 fully saturated rings. The lowest BCUT2D eigenvalue weighted by Gasteiger charge is -2.13. The van der Waals surface area contributed by atoms with Gasteiger partial charge in [-0.2, -0.15) is 0 Å². The summed E-state index contributed by atoms with van der Waals surface area (Å²) < 4.78 is 10.3.